The van der Waals surface area contributed by atoms with Crippen molar-refractivity contribution in [2.45, 2.75) is 13.5 Å². The van der Waals surface area contributed by atoms with Crippen molar-refractivity contribution in [2.24, 2.45) is 0 Å². The summed E-state index contributed by atoms with van der Waals surface area (Å²) in [5, 5.41) is 0. The highest BCUT2D eigenvalue weighted by Gasteiger charge is 2.10. The van der Waals surface area contributed by atoms with Gasteiger partial charge in [-0.05, 0) is 40.5 Å². The number of carbonyl (C=O) groups excluding carboxylic acids is 1. The Labute approximate surface area is 126 Å². The highest BCUT2D eigenvalue weighted by atomic mass is 79.9. The molecule has 0 fully saturated rings. The number of hydrogen-bond acceptors (Lipinski definition) is 3. The van der Waals surface area contributed by atoms with Crippen LogP contribution in [0, 0.1) is 0 Å². The van der Waals surface area contributed by atoms with Gasteiger partial charge in [0.2, 0.25) is 0 Å². The lowest BCUT2D eigenvalue weighted by molar-refractivity contribution is 0.112. The molecule has 0 spiro atoms. The third-order valence-electron chi connectivity index (χ3n) is 2.73. The van der Waals surface area contributed by atoms with Gasteiger partial charge in [0.15, 0.2) is 17.8 Å². The molecule has 0 atom stereocenters. The molecule has 3 nitrogen and oxygen atoms in total. The van der Waals surface area contributed by atoms with Crippen LogP contribution in [0.25, 0.3) is 0 Å². The summed E-state index contributed by atoms with van der Waals surface area (Å²) < 4.78 is 12.0. The maximum Gasteiger partial charge on any atom is 0.162 e. The van der Waals surface area contributed by atoms with Crippen LogP contribution in [0.15, 0.2) is 46.9 Å². The van der Waals surface area contributed by atoms with Gasteiger partial charge in [-0.15, -0.1) is 0 Å². The molecule has 0 aliphatic carbocycles. The Morgan fingerprint density at radius 1 is 1.10 bits per heavy atom. The first-order valence-electron chi connectivity index (χ1n) is 6.33. The van der Waals surface area contributed by atoms with E-state index in [1.165, 1.54) is 0 Å². The van der Waals surface area contributed by atoms with E-state index >= 15 is 0 Å². The largest absolute Gasteiger partial charge is 0.490 e. The zero-order valence-electron chi connectivity index (χ0n) is 11.1. The van der Waals surface area contributed by atoms with Gasteiger partial charge in [0.1, 0.15) is 6.61 Å². The molecule has 0 N–H and O–H groups in total. The molecular formula is C16H15BrO3. The van der Waals surface area contributed by atoms with Gasteiger partial charge in [-0.1, -0.05) is 30.3 Å². The van der Waals surface area contributed by atoms with Gasteiger partial charge in [-0.3, -0.25) is 4.79 Å². The maximum atomic E-state index is 10.9. The fraction of sp³-hybridized carbons (Fsp3) is 0.188. The molecule has 2 aromatic rings. The third-order valence-corrected chi connectivity index (χ3v) is 3.41. The van der Waals surface area contributed by atoms with Gasteiger partial charge in [-0.25, -0.2) is 0 Å². The third kappa shape index (κ3) is 3.61. The molecule has 0 bridgehead atoms. The van der Waals surface area contributed by atoms with E-state index in [0.717, 1.165) is 11.8 Å². The molecule has 0 saturated heterocycles. The zero-order chi connectivity index (χ0) is 14.4. The monoisotopic (exact) mass is 334 g/mol. The second-order valence-electron chi connectivity index (χ2n) is 4.15. The van der Waals surface area contributed by atoms with Crippen molar-refractivity contribution < 1.29 is 14.3 Å². The number of aldehydes is 1. The molecule has 2 rings (SSSR count). The summed E-state index contributed by atoms with van der Waals surface area (Å²) in [6.45, 7) is 2.86. The minimum atomic E-state index is 0.452. The van der Waals surface area contributed by atoms with Gasteiger partial charge < -0.3 is 9.47 Å². The Balaban J connectivity index is 2.21. The summed E-state index contributed by atoms with van der Waals surface area (Å²) in [7, 11) is 0. The molecule has 104 valence electrons. The molecule has 20 heavy (non-hydrogen) atoms. The van der Waals surface area contributed by atoms with Crippen molar-refractivity contribution in [3.63, 3.8) is 0 Å². The molecular weight excluding hydrogens is 320 g/mol. The zero-order valence-corrected chi connectivity index (χ0v) is 12.7. The van der Waals surface area contributed by atoms with Crippen LogP contribution in [0.1, 0.15) is 22.8 Å². The summed E-state index contributed by atoms with van der Waals surface area (Å²) in [6, 6.07) is 13.3. The van der Waals surface area contributed by atoms with E-state index in [4.69, 9.17) is 9.47 Å². The normalized spacial score (nSPS) is 10.1. The van der Waals surface area contributed by atoms with Crippen LogP contribution >= 0.6 is 15.9 Å². The van der Waals surface area contributed by atoms with Crippen LogP contribution in [-0.4, -0.2) is 12.9 Å². The Bertz CT molecular complexity index is 582. The van der Waals surface area contributed by atoms with Gasteiger partial charge in [-0.2, -0.15) is 0 Å². The van der Waals surface area contributed by atoms with E-state index in [1.54, 1.807) is 12.1 Å². The van der Waals surface area contributed by atoms with Crippen LogP contribution in [0.3, 0.4) is 0 Å². The Morgan fingerprint density at radius 2 is 1.80 bits per heavy atom. The first-order valence-corrected chi connectivity index (χ1v) is 7.12. The number of ether oxygens (including phenoxy) is 2. The van der Waals surface area contributed by atoms with Crippen molar-refractivity contribution in [2.75, 3.05) is 6.61 Å². The minimum absolute atomic E-state index is 0.452. The molecule has 0 aliphatic heterocycles. The Hall–Kier alpha value is -1.81. The van der Waals surface area contributed by atoms with Crippen LogP contribution in [0.4, 0.5) is 0 Å². The SMILES string of the molecule is CCOc1cc(C=O)c(Br)cc1OCc1ccccc1. The molecule has 0 unspecified atom stereocenters. The van der Waals surface area contributed by atoms with Crippen LogP contribution in [0.5, 0.6) is 11.5 Å². The first kappa shape index (κ1) is 14.6. The lowest BCUT2D eigenvalue weighted by atomic mass is 10.2. The van der Waals surface area contributed by atoms with E-state index in [2.05, 4.69) is 15.9 Å². The van der Waals surface area contributed by atoms with Crippen molar-refractivity contribution in [1.29, 1.82) is 0 Å². The lowest BCUT2D eigenvalue weighted by Crippen LogP contribution is -2.01. The second-order valence-corrected chi connectivity index (χ2v) is 5.00. The topological polar surface area (TPSA) is 35.5 Å². The van der Waals surface area contributed by atoms with E-state index in [1.807, 2.05) is 37.3 Å². The predicted octanol–water partition coefficient (Wildman–Crippen LogP) is 4.24. The number of halogens is 1. The number of hydrogen-bond donors (Lipinski definition) is 0. The van der Waals surface area contributed by atoms with Crippen LogP contribution in [-0.2, 0) is 6.61 Å². The summed E-state index contributed by atoms with van der Waals surface area (Å²) in [5.74, 6) is 1.20. The summed E-state index contributed by atoms with van der Waals surface area (Å²) in [6.07, 6.45) is 0.785. The van der Waals surface area contributed by atoms with E-state index in [-0.39, 0.29) is 0 Å². The number of benzene rings is 2. The molecule has 0 aromatic heterocycles. The highest BCUT2D eigenvalue weighted by molar-refractivity contribution is 9.10. The molecule has 0 radical (unpaired) electrons. The Morgan fingerprint density at radius 3 is 2.45 bits per heavy atom. The fourth-order valence-electron chi connectivity index (χ4n) is 1.76. The van der Waals surface area contributed by atoms with Gasteiger partial charge in [0, 0.05) is 10.0 Å². The first-order chi connectivity index (χ1) is 9.74. The summed E-state index contributed by atoms with van der Waals surface area (Å²) in [5.41, 5.74) is 1.62. The van der Waals surface area contributed by atoms with Crippen LogP contribution < -0.4 is 9.47 Å². The molecule has 0 saturated carbocycles. The minimum Gasteiger partial charge on any atom is -0.490 e. The lowest BCUT2D eigenvalue weighted by Gasteiger charge is -2.13. The molecule has 0 heterocycles. The average Bonchev–Trinajstić information content (AvgIpc) is 2.48. The van der Waals surface area contributed by atoms with Gasteiger partial charge in [0.05, 0.1) is 6.61 Å². The quantitative estimate of drug-likeness (QED) is 0.741. The van der Waals surface area contributed by atoms with Crippen molar-refractivity contribution in [3.05, 3.63) is 58.1 Å². The molecule has 0 aliphatic rings. The molecule has 2 aromatic carbocycles. The Kier molecular flexibility index (Phi) is 5.18. The van der Waals surface area contributed by atoms with E-state index in [0.29, 0.717) is 34.7 Å². The number of rotatable bonds is 6. The fourth-order valence-corrected chi connectivity index (χ4v) is 2.17. The van der Waals surface area contributed by atoms with E-state index in [9.17, 15) is 4.79 Å². The van der Waals surface area contributed by atoms with Crippen molar-refractivity contribution >= 4 is 22.2 Å². The summed E-state index contributed by atoms with van der Waals surface area (Å²) in [4.78, 5) is 10.9. The smallest absolute Gasteiger partial charge is 0.162 e. The average molecular weight is 335 g/mol. The van der Waals surface area contributed by atoms with Gasteiger partial charge in [0.25, 0.3) is 0 Å². The highest BCUT2D eigenvalue weighted by Crippen LogP contribution is 2.33. The van der Waals surface area contributed by atoms with Gasteiger partial charge >= 0.3 is 0 Å². The molecule has 4 heteroatoms. The second kappa shape index (κ2) is 7.10. The maximum absolute atomic E-state index is 10.9. The predicted molar refractivity (Wildman–Crippen MR) is 81.5 cm³/mol. The molecule has 0 amide bonds. The number of carbonyl (C=O) groups is 1. The summed E-state index contributed by atoms with van der Waals surface area (Å²) >= 11 is 3.35. The standard InChI is InChI=1S/C16H15BrO3/c1-2-19-15-8-13(10-18)14(17)9-16(15)20-11-12-6-4-3-5-7-12/h3-10H,2,11H2,1H3. The van der Waals surface area contributed by atoms with Crippen molar-refractivity contribution in [1.82, 2.24) is 0 Å². The van der Waals surface area contributed by atoms with Crippen molar-refractivity contribution in [3.8, 4) is 11.5 Å². The van der Waals surface area contributed by atoms with E-state index < -0.39 is 0 Å². The van der Waals surface area contributed by atoms with Crippen LogP contribution in [0.2, 0.25) is 0 Å².